The van der Waals surface area contributed by atoms with Crippen LogP contribution in [0.4, 0.5) is 0 Å². The molecule has 0 spiro atoms. The van der Waals surface area contributed by atoms with E-state index in [1.165, 1.54) is 0 Å². The van der Waals surface area contributed by atoms with Crippen molar-refractivity contribution in [3.8, 4) is 0 Å². The molecule has 7 nitrogen and oxygen atoms in total. The molecule has 2 saturated heterocycles. The number of aliphatic hydroxyl groups excluding tert-OH is 1. The zero-order valence-electron chi connectivity index (χ0n) is 15.3. The molecule has 3 rings (SSSR count). The number of ether oxygens (including phenoxy) is 2. The number of rotatable bonds is 5. The molecule has 3 heterocycles. The van der Waals surface area contributed by atoms with Crippen LogP contribution in [0.15, 0.2) is 24.5 Å². The van der Waals surface area contributed by atoms with Crippen LogP contribution >= 0.6 is 0 Å². The number of β-amino-alcohol motifs (C(OH)–C–C–N with tert-alkyl or cyclic N) is 1. The van der Waals surface area contributed by atoms with E-state index in [1.807, 2.05) is 19.1 Å². The summed E-state index contributed by atoms with van der Waals surface area (Å²) in [6, 6.07) is 4.17. The molecule has 4 atom stereocenters. The summed E-state index contributed by atoms with van der Waals surface area (Å²) in [6.45, 7) is 4.60. The summed E-state index contributed by atoms with van der Waals surface area (Å²) < 4.78 is 11.9. The molecule has 1 aromatic rings. The summed E-state index contributed by atoms with van der Waals surface area (Å²) >= 11 is 0. The Morgan fingerprint density at radius 1 is 1.35 bits per heavy atom. The smallest absolute Gasteiger partial charge is 0.222 e. The second kappa shape index (κ2) is 9.41. The highest BCUT2D eigenvalue weighted by Gasteiger charge is 2.37. The molecule has 1 amide bonds. The number of nitrogens with one attached hydrogen (secondary N) is 1. The Hall–Kier alpha value is -1.54. The molecule has 0 aromatic carbocycles. The lowest BCUT2D eigenvalue weighted by atomic mass is 9.94. The number of aliphatic hydroxyl groups is 1. The number of hydrogen-bond donors (Lipinski definition) is 2. The summed E-state index contributed by atoms with van der Waals surface area (Å²) in [6.07, 6.45) is 5.06. The normalized spacial score (nSPS) is 30.1. The minimum atomic E-state index is -0.508. The molecule has 144 valence electrons. The summed E-state index contributed by atoms with van der Waals surface area (Å²) in [5, 5.41) is 13.0. The summed E-state index contributed by atoms with van der Waals surface area (Å²) in [7, 11) is 0. The fourth-order valence-electron chi connectivity index (χ4n) is 3.83. The maximum absolute atomic E-state index is 11.9. The average Bonchev–Trinajstić information content (AvgIpc) is 2.61. The quantitative estimate of drug-likeness (QED) is 0.802. The summed E-state index contributed by atoms with van der Waals surface area (Å²) in [5.41, 5.74) is 1.16. The van der Waals surface area contributed by atoms with Crippen LogP contribution in [0, 0.1) is 0 Å². The van der Waals surface area contributed by atoms with Crippen LogP contribution in [0.1, 0.15) is 31.7 Å². The Labute approximate surface area is 154 Å². The largest absolute Gasteiger partial charge is 0.389 e. The standard InChI is InChI=1S/C19H29N3O4/c1-2-21-19(24)9-16-3-4-17-18(26-16)13-25-12-15(23)11-22(17)10-14-5-7-20-8-6-14/h5-8,15-18,23H,2-4,9-13H2,1H3,(H,21,24)/t15-,16+,17-,18+/m1/s1. The van der Waals surface area contributed by atoms with E-state index < -0.39 is 6.10 Å². The number of carbonyl (C=O) groups is 1. The van der Waals surface area contributed by atoms with E-state index in [4.69, 9.17) is 9.47 Å². The van der Waals surface area contributed by atoms with Gasteiger partial charge < -0.3 is 19.9 Å². The highest BCUT2D eigenvalue weighted by Crippen LogP contribution is 2.28. The Balaban J connectivity index is 1.67. The van der Waals surface area contributed by atoms with Gasteiger partial charge in [-0.05, 0) is 37.5 Å². The predicted octanol–water partition coefficient (Wildman–Crippen LogP) is 0.717. The second-order valence-corrected chi connectivity index (χ2v) is 7.08. The van der Waals surface area contributed by atoms with Crippen molar-refractivity contribution in [3.63, 3.8) is 0 Å². The van der Waals surface area contributed by atoms with Crippen LogP contribution in [0.2, 0.25) is 0 Å². The van der Waals surface area contributed by atoms with Crippen LogP contribution in [0.5, 0.6) is 0 Å². The van der Waals surface area contributed by atoms with Gasteiger partial charge in [-0.2, -0.15) is 0 Å². The summed E-state index contributed by atoms with van der Waals surface area (Å²) in [4.78, 5) is 18.2. The van der Waals surface area contributed by atoms with Crippen LogP contribution in [-0.4, -0.2) is 71.6 Å². The second-order valence-electron chi connectivity index (χ2n) is 7.08. The molecule has 0 unspecified atom stereocenters. The molecular weight excluding hydrogens is 334 g/mol. The average molecular weight is 363 g/mol. The molecule has 2 fully saturated rings. The van der Waals surface area contributed by atoms with Crippen molar-refractivity contribution in [2.45, 2.75) is 57.1 Å². The Morgan fingerprint density at radius 3 is 2.92 bits per heavy atom. The third-order valence-corrected chi connectivity index (χ3v) is 5.01. The van der Waals surface area contributed by atoms with Gasteiger partial charge in [0.1, 0.15) is 0 Å². The van der Waals surface area contributed by atoms with Crippen LogP contribution in [-0.2, 0) is 20.8 Å². The first-order valence-corrected chi connectivity index (χ1v) is 9.46. The minimum absolute atomic E-state index is 0.0341. The van der Waals surface area contributed by atoms with E-state index in [2.05, 4.69) is 15.2 Å². The van der Waals surface area contributed by atoms with Gasteiger partial charge in [0.15, 0.2) is 0 Å². The molecule has 1 aromatic heterocycles. The molecule has 0 aliphatic carbocycles. The van der Waals surface area contributed by atoms with Crippen molar-refractivity contribution in [2.75, 3.05) is 26.3 Å². The van der Waals surface area contributed by atoms with Gasteiger partial charge in [-0.25, -0.2) is 0 Å². The zero-order valence-corrected chi connectivity index (χ0v) is 15.3. The maximum Gasteiger partial charge on any atom is 0.222 e. The molecule has 0 saturated carbocycles. The molecule has 0 radical (unpaired) electrons. The van der Waals surface area contributed by atoms with Crippen LogP contribution < -0.4 is 5.32 Å². The fourth-order valence-corrected chi connectivity index (χ4v) is 3.83. The van der Waals surface area contributed by atoms with E-state index in [0.29, 0.717) is 32.7 Å². The molecule has 2 aliphatic heterocycles. The van der Waals surface area contributed by atoms with Gasteiger partial charge >= 0.3 is 0 Å². The fraction of sp³-hybridized carbons (Fsp3) is 0.684. The first kappa shape index (κ1) is 19.2. The number of amides is 1. The lowest BCUT2D eigenvalue weighted by Crippen LogP contribution is -2.55. The van der Waals surface area contributed by atoms with Gasteiger partial charge in [0.25, 0.3) is 0 Å². The van der Waals surface area contributed by atoms with Gasteiger partial charge in [-0.15, -0.1) is 0 Å². The van der Waals surface area contributed by atoms with E-state index in [0.717, 1.165) is 24.9 Å². The molecule has 0 bridgehead atoms. The third-order valence-electron chi connectivity index (χ3n) is 5.01. The SMILES string of the molecule is CCNC(=O)C[C@@H]1CC[C@@H]2[C@H](COC[C@H](O)CN2Cc2ccncc2)O1. The number of nitrogens with zero attached hydrogens (tertiary/aromatic N) is 2. The molecule has 26 heavy (non-hydrogen) atoms. The first-order valence-electron chi connectivity index (χ1n) is 9.46. The molecule has 2 N–H and O–H groups in total. The van der Waals surface area contributed by atoms with E-state index in [1.54, 1.807) is 12.4 Å². The molecule has 7 heteroatoms. The topological polar surface area (TPSA) is 83.9 Å². The van der Waals surface area contributed by atoms with Crippen molar-refractivity contribution in [1.82, 2.24) is 15.2 Å². The number of hydrogen-bond acceptors (Lipinski definition) is 6. The van der Waals surface area contributed by atoms with Crippen molar-refractivity contribution in [2.24, 2.45) is 0 Å². The van der Waals surface area contributed by atoms with E-state index in [9.17, 15) is 9.90 Å². The molecular formula is C19H29N3O4. The number of carbonyl (C=O) groups excluding carboxylic acids is 1. The van der Waals surface area contributed by atoms with Gasteiger partial charge in [0.05, 0.1) is 37.9 Å². The Kier molecular flexibility index (Phi) is 6.96. The van der Waals surface area contributed by atoms with Gasteiger partial charge in [0, 0.05) is 38.1 Å². The van der Waals surface area contributed by atoms with E-state index in [-0.39, 0.29) is 24.2 Å². The van der Waals surface area contributed by atoms with E-state index >= 15 is 0 Å². The van der Waals surface area contributed by atoms with Crippen molar-refractivity contribution >= 4 is 5.91 Å². The number of pyridine rings is 1. The zero-order chi connectivity index (χ0) is 18.4. The van der Waals surface area contributed by atoms with Gasteiger partial charge in [0.2, 0.25) is 5.91 Å². The highest BCUT2D eigenvalue weighted by molar-refractivity contribution is 5.76. The summed E-state index contributed by atoms with van der Waals surface area (Å²) in [5.74, 6) is 0.0341. The predicted molar refractivity (Wildman–Crippen MR) is 96.5 cm³/mol. The lowest BCUT2D eigenvalue weighted by Gasteiger charge is -2.44. The van der Waals surface area contributed by atoms with Gasteiger partial charge in [-0.1, -0.05) is 0 Å². The lowest BCUT2D eigenvalue weighted by molar-refractivity contribution is -0.158. The number of aromatic nitrogens is 1. The Morgan fingerprint density at radius 2 is 2.15 bits per heavy atom. The van der Waals surface area contributed by atoms with Crippen molar-refractivity contribution in [3.05, 3.63) is 30.1 Å². The van der Waals surface area contributed by atoms with Crippen LogP contribution in [0.3, 0.4) is 0 Å². The van der Waals surface area contributed by atoms with Crippen molar-refractivity contribution in [1.29, 1.82) is 0 Å². The first-order chi connectivity index (χ1) is 12.7. The van der Waals surface area contributed by atoms with Crippen LogP contribution in [0.25, 0.3) is 0 Å². The monoisotopic (exact) mass is 363 g/mol. The minimum Gasteiger partial charge on any atom is -0.389 e. The maximum atomic E-state index is 11.9. The Bertz CT molecular complexity index is 571. The van der Waals surface area contributed by atoms with Crippen molar-refractivity contribution < 1.29 is 19.4 Å². The third kappa shape index (κ3) is 5.23. The molecule has 2 aliphatic rings. The number of fused-ring (bicyclic) bond motifs is 1. The highest BCUT2D eigenvalue weighted by atomic mass is 16.5. The van der Waals surface area contributed by atoms with Gasteiger partial charge in [-0.3, -0.25) is 14.7 Å².